The van der Waals surface area contributed by atoms with Crippen LogP contribution < -0.4 is 4.74 Å². The predicted molar refractivity (Wildman–Crippen MR) is 105 cm³/mol. The highest BCUT2D eigenvalue weighted by atomic mass is 16.5. The van der Waals surface area contributed by atoms with Crippen molar-refractivity contribution in [2.75, 3.05) is 33.3 Å². The number of hydrogen-bond donors (Lipinski definition) is 0. The maximum Gasteiger partial charge on any atom is 0.320 e. The molecular formula is C21H32N2O3. The molecule has 5 nitrogen and oxygen atoms in total. The molecule has 144 valence electrons. The quantitative estimate of drug-likeness (QED) is 0.752. The zero-order chi connectivity index (χ0) is 19.1. The maximum absolute atomic E-state index is 12.4. The zero-order valence-corrected chi connectivity index (χ0v) is 16.6. The number of amides is 2. The summed E-state index contributed by atoms with van der Waals surface area (Å²) in [5.74, 6) is 1.51. The molecule has 2 aliphatic rings. The van der Waals surface area contributed by atoms with Crippen LogP contribution in [0.3, 0.4) is 0 Å². The van der Waals surface area contributed by atoms with Crippen LogP contribution in [-0.2, 0) is 4.74 Å². The second kappa shape index (κ2) is 9.51. The molecule has 1 unspecified atom stereocenters. The number of urea groups is 1. The van der Waals surface area contributed by atoms with E-state index in [0.29, 0.717) is 12.3 Å². The van der Waals surface area contributed by atoms with Crippen molar-refractivity contribution in [3.8, 4) is 5.75 Å². The van der Waals surface area contributed by atoms with E-state index in [9.17, 15) is 4.79 Å². The molecule has 0 radical (unpaired) electrons. The lowest BCUT2D eigenvalue weighted by Gasteiger charge is -2.24. The molecule has 1 aromatic rings. The summed E-state index contributed by atoms with van der Waals surface area (Å²) >= 11 is 0. The van der Waals surface area contributed by atoms with Gasteiger partial charge in [-0.1, -0.05) is 20.4 Å². The number of benzene rings is 1. The first-order chi connectivity index (χ1) is 12.6. The van der Waals surface area contributed by atoms with Crippen LogP contribution in [0.4, 0.5) is 4.79 Å². The fourth-order valence-corrected chi connectivity index (χ4v) is 3.36. The normalized spacial score (nSPS) is 19.0. The number of likely N-dealkylation sites (tertiary alicyclic amines) is 2. The molecule has 2 heterocycles. The fourth-order valence-electron chi connectivity index (χ4n) is 3.36. The Hall–Kier alpha value is -2.17. The van der Waals surface area contributed by atoms with Crippen molar-refractivity contribution in [1.29, 1.82) is 0 Å². The van der Waals surface area contributed by atoms with Gasteiger partial charge in [0.15, 0.2) is 0 Å². The lowest BCUT2D eigenvalue weighted by Crippen LogP contribution is -2.41. The Labute approximate surface area is 157 Å². The number of carbonyl (C=O) groups is 1. The monoisotopic (exact) mass is 360 g/mol. The van der Waals surface area contributed by atoms with Crippen molar-refractivity contribution < 1.29 is 14.3 Å². The number of rotatable bonds is 4. The smallest absolute Gasteiger partial charge is 0.320 e. The molecule has 2 amide bonds. The van der Waals surface area contributed by atoms with E-state index in [2.05, 4.69) is 6.58 Å². The molecule has 26 heavy (non-hydrogen) atoms. The van der Waals surface area contributed by atoms with Crippen LogP contribution in [0.5, 0.6) is 5.75 Å². The van der Waals surface area contributed by atoms with E-state index in [0.717, 1.165) is 55.8 Å². The number of methoxy groups -OCH3 is 1. The number of nitrogens with zero attached hydrogens (tertiary/aromatic N) is 2. The van der Waals surface area contributed by atoms with E-state index in [4.69, 9.17) is 9.47 Å². The van der Waals surface area contributed by atoms with E-state index < -0.39 is 0 Å². The van der Waals surface area contributed by atoms with Crippen LogP contribution in [0.15, 0.2) is 24.8 Å². The Kier molecular flexibility index (Phi) is 7.37. The van der Waals surface area contributed by atoms with Crippen LogP contribution in [0.1, 0.15) is 44.2 Å². The van der Waals surface area contributed by atoms with E-state index >= 15 is 0 Å². The first-order valence-electron chi connectivity index (χ1n) is 9.63. The highest BCUT2D eigenvalue weighted by Gasteiger charge is 2.31. The Bertz CT molecular complexity index is 624. The zero-order valence-electron chi connectivity index (χ0n) is 16.6. The Morgan fingerprint density at radius 3 is 2.46 bits per heavy atom. The van der Waals surface area contributed by atoms with Crippen molar-refractivity contribution in [3.05, 3.63) is 35.9 Å². The second-order valence-electron chi connectivity index (χ2n) is 6.56. The third kappa shape index (κ3) is 4.71. The molecule has 1 atom stereocenters. The fraction of sp³-hybridized carbons (Fsp3) is 0.571. The number of aryl methyl sites for hydroxylation is 1. The summed E-state index contributed by atoms with van der Waals surface area (Å²) in [4.78, 5) is 16.3. The summed E-state index contributed by atoms with van der Waals surface area (Å²) < 4.78 is 11.3. The SMILES string of the molecule is C=C(OC)c1ccc(OC2CCN(C(=O)N3CCCC3)C2)c(C)c1.CC. The first kappa shape index (κ1) is 20.1. The number of ether oxygens (including phenoxy) is 2. The van der Waals surface area contributed by atoms with Gasteiger partial charge in [-0.25, -0.2) is 4.79 Å². The van der Waals surface area contributed by atoms with Gasteiger partial charge in [-0.3, -0.25) is 0 Å². The predicted octanol–water partition coefficient (Wildman–Crippen LogP) is 4.31. The summed E-state index contributed by atoms with van der Waals surface area (Å²) in [5, 5.41) is 0. The summed E-state index contributed by atoms with van der Waals surface area (Å²) in [6.45, 7) is 13.1. The van der Waals surface area contributed by atoms with Gasteiger partial charge in [0, 0.05) is 31.6 Å². The van der Waals surface area contributed by atoms with Gasteiger partial charge in [-0.15, -0.1) is 0 Å². The summed E-state index contributed by atoms with van der Waals surface area (Å²) in [6, 6.07) is 6.10. The van der Waals surface area contributed by atoms with Crippen molar-refractivity contribution in [1.82, 2.24) is 9.80 Å². The van der Waals surface area contributed by atoms with E-state index in [1.807, 2.05) is 48.8 Å². The number of carbonyl (C=O) groups excluding carboxylic acids is 1. The van der Waals surface area contributed by atoms with Gasteiger partial charge in [0.1, 0.15) is 17.6 Å². The average molecular weight is 360 g/mol. The van der Waals surface area contributed by atoms with E-state index in [1.54, 1.807) is 7.11 Å². The minimum absolute atomic E-state index is 0.0618. The van der Waals surface area contributed by atoms with Gasteiger partial charge in [-0.2, -0.15) is 0 Å². The van der Waals surface area contributed by atoms with Crippen LogP contribution in [0.2, 0.25) is 0 Å². The molecule has 0 N–H and O–H groups in total. The molecular weight excluding hydrogens is 328 g/mol. The molecule has 5 heteroatoms. The maximum atomic E-state index is 12.4. The van der Waals surface area contributed by atoms with Crippen molar-refractivity contribution in [2.45, 2.75) is 46.1 Å². The van der Waals surface area contributed by atoms with Crippen molar-refractivity contribution in [2.24, 2.45) is 0 Å². The molecule has 0 spiro atoms. The van der Waals surface area contributed by atoms with Gasteiger partial charge in [-0.05, 0) is 43.5 Å². The largest absolute Gasteiger partial charge is 0.497 e. The topological polar surface area (TPSA) is 42.0 Å². The van der Waals surface area contributed by atoms with Gasteiger partial charge in [0.2, 0.25) is 0 Å². The van der Waals surface area contributed by atoms with Crippen LogP contribution in [-0.4, -0.2) is 55.2 Å². The standard InChI is InChI=1S/C19H26N2O3.C2H6/c1-14-12-16(15(2)23-3)6-7-18(14)24-17-8-11-21(13-17)19(22)20-9-4-5-10-20;1-2/h6-7,12,17H,2,4-5,8-11,13H2,1,3H3;1-2H3. The first-order valence-corrected chi connectivity index (χ1v) is 9.63. The minimum atomic E-state index is 0.0618. The Morgan fingerprint density at radius 1 is 1.15 bits per heavy atom. The molecule has 0 aromatic heterocycles. The summed E-state index contributed by atoms with van der Waals surface area (Å²) in [6.07, 6.45) is 3.19. The molecule has 2 aliphatic heterocycles. The molecule has 2 fully saturated rings. The van der Waals surface area contributed by atoms with E-state index in [-0.39, 0.29) is 12.1 Å². The lowest BCUT2D eigenvalue weighted by molar-refractivity contribution is 0.160. The highest BCUT2D eigenvalue weighted by Crippen LogP contribution is 2.26. The van der Waals surface area contributed by atoms with Crippen LogP contribution in [0.25, 0.3) is 5.76 Å². The summed E-state index contributed by atoms with van der Waals surface area (Å²) in [5.41, 5.74) is 2.01. The van der Waals surface area contributed by atoms with Crippen molar-refractivity contribution in [3.63, 3.8) is 0 Å². The van der Waals surface area contributed by atoms with Crippen LogP contribution in [0, 0.1) is 6.92 Å². The molecule has 0 saturated carbocycles. The highest BCUT2D eigenvalue weighted by molar-refractivity contribution is 5.75. The van der Waals surface area contributed by atoms with Crippen molar-refractivity contribution >= 4 is 11.8 Å². The third-order valence-corrected chi connectivity index (χ3v) is 4.83. The molecule has 0 bridgehead atoms. The van der Waals surface area contributed by atoms with Gasteiger partial charge >= 0.3 is 6.03 Å². The third-order valence-electron chi connectivity index (χ3n) is 4.83. The second-order valence-corrected chi connectivity index (χ2v) is 6.56. The average Bonchev–Trinajstić information content (AvgIpc) is 3.36. The van der Waals surface area contributed by atoms with Gasteiger partial charge in [0.05, 0.1) is 13.7 Å². The molecule has 2 saturated heterocycles. The summed E-state index contributed by atoms with van der Waals surface area (Å²) in [7, 11) is 1.62. The number of hydrogen-bond acceptors (Lipinski definition) is 3. The minimum Gasteiger partial charge on any atom is -0.497 e. The Morgan fingerprint density at radius 2 is 1.85 bits per heavy atom. The van der Waals surface area contributed by atoms with Crippen LogP contribution >= 0.6 is 0 Å². The molecule has 3 rings (SSSR count). The van der Waals surface area contributed by atoms with Gasteiger partial charge < -0.3 is 19.3 Å². The van der Waals surface area contributed by atoms with E-state index in [1.165, 1.54) is 0 Å². The van der Waals surface area contributed by atoms with Gasteiger partial charge in [0.25, 0.3) is 0 Å². The molecule has 0 aliphatic carbocycles. The Balaban J connectivity index is 0.00000117. The molecule has 1 aromatic carbocycles. The lowest BCUT2D eigenvalue weighted by atomic mass is 10.1.